The fraction of sp³-hybridized carbons (Fsp3) is 0.421. The van der Waals surface area contributed by atoms with Crippen LogP contribution in [0.1, 0.15) is 24.9 Å². The van der Waals surface area contributed by atoms with Crippen LogP contribution in [0.5, 0.6) is 5.75 Å². The SMILES string of the molecule is Cc1ccc(CN(C(=O)[C@H](C)Oc2ccc(Cl)cc2Cl)[C@@H]2CCS(=O)(=O)C2)o1. The van der Waals surface area contributed by atoms with Gasteiger partial charge in [0.1, 0.15) is 17.3 Å². The van der Waals surface area contributed by atoms with Crippen LogP contribution in [0.15, 0.2) is 34.7 Å². The molecule has 1 amide bonds. The van der Waals surface area contributed by atoms with Crippen molar-refractivity contribution in [3.63, 3.8) is 0 Å². The Bertz CT molecular complexity index is 972. The molecule has 6 nitrogen and oxygen atoms in total. The molecule has 2 atom stereocenters. The van der Waals surface area contributed by atoms with Gasteiger partial charge in [-0.05, 0) is 50.6 Å². The van der Waals surface area contributed by atoms with E-state index in [1.807, 2.05) is 6.92 Å². The number of amides is 1. The van der Waals surface area contributed by atoms with Crippen molar-refractivity contribution in [2.24, 2.45) is 0 Å². The molecule has 1 aromatic heterocycles. The number of nitrogens with zero attached hydrogens (tertiary/aromatic N) is 1. The molecular weight excluding hydrogens is 425 g/mol. The molecule has 1 saturated heterocycles. The third-order valence-electron chi connectivity index (χ3n) is 4.60. The molecule has 1 aliphatic heterocycles. The van der Waals surface area contributed by atoms with Gasteiger partial charge in [0.05, 0.1) is 23.1 Å². The summed E-state index contributed by atoms with van der Waals surface area (Å²) in [6, 6.07) is 7.90. The molecule has 2 aromatic rings. The quantitative estimate of drug-likeness (QED) is 0.673. The first-order valence-electron chi connectivity index (χ1n) is 8.82. The number of halogens is 2. The minimum absolute atomic E-state index is 0.0626. The highest BCUT2D eigenvalue weighted by Crippen LogP contribution is 2.29. The van der Waals surface area contributed by atoms with Gasteiger partial charge in [0.2, 0.25) is 0 Å². The predicted molar refractivity (Wildman–Crippen MR) is 108 cm³/mol. The number of carbonyl (C=O) groups excluding carboxylic acids is 1. The summed E-state index contributed by atoms with van der Waals surface area (Å²) in [6.07, 6.45) is -0.472. The van der Waals surface area contributed by atoms with Crippen molar-refractivity contribution in [2.45, 2.75) is 39.0 Å². The fourth-order valence-electron chi connectivity index (χ4n) is 3.19. The average Bonchev–Trinajstić information content (AvgIpc) is 3.19. The Morgan fingerprint density at radius 2 is 2.07 bits per heavy atom. The summed E-state index contributed by atoms with van der Waals surface area (Å²) in [5, 5.41) is 0.756. The van der Waals surface area contributed by atoms with Crippen molar-refractivity contribution in [1.82, 2.24) is 4.90 Å². The monoisotopic (exact) mass is 445 g/mol. The highest BCUT2D eigenvalue weighted by molar-refractivity contribution is 7.91. The van der Waals surface area contributed by atoms with Crippen LogP contribution in [-0.4, -0.2) is 42.9 Å². The zero-order valence-corrected chi connectivity index (χ0v) is 17.9. The first-order valence-corrected chi connectivity index (χ1v) is 11.4. The molecule has 152 valence electrons. The van der Waals surface area contributed by atoms with Crippen LogP contribution in [0.3, 0.4) is 0 Å². The molecule has 0 unspecified atom stereocenters. The Balaban J connectivity index is 1.80. The van der Waals surface area contributed by atoms with E-state index in [0.717, 1.165) is 5.76 Å². The summed E-state index contributed by atoms with van der Waals surface area (Å²) in [7, 11) is -3.16. The number of carbonyl (C=O) groups is 1. The maximum atomic E-state index is 13.1. The van der Waals surface area contributed by atoms with E-state index in [-0.39, 0.29) is 24.0 Å². The molecule has 2 heterocycles. The number of rotatable bonds is 6. The van der Waals surface area contributed by atoms with E-state index in [1.165, 1.54) is 11.0 Å². The third-order valence-corrected chi connectivity index (χ3v) is 6.88. The van der Waals surface area contributed by atoms with Crippen LogP contribution < -0.4 is 4.74 Å². The molecule has 0 N–H and O–H groups in total. The Hall–Kier alpha value is -1.70. The van der Waals surface area contributed by atoms with Crippen molar-refractivity contribution in [3.8, 4) is 5.75 Å². The van der Waals surface area contributed by atoms with Crippen LogP contribution in [0, 0.1) is 6.92 Å². The Morgan fingerprint density at radius 3 is 2.64 bits per heavy atom. The molecule has 0 bridgehead atoms. The molecule has 3 rings (SSSR count). The molecule has 1 aromatic carbocycles. The Morgan fingerprint density at radius 1 is 1.32 bits per heavy atom. The van der Waals surface area contributed by atoms with Crippen molar-refractivity contribution in [3.05, 3.63) is 51.9 Å². The van der Waals surface area contributed by atoms with Gasteiger partial charge < -0.3 is 14.1 Å². The first-order chi connectivity index (χ1) is 13.1. The van der Waals surface area contributed by atoms with Crippen molar-refractivity contribution in [2.75, 3.05) is 11.5 Å². The van der Waals surface area contributed by atoms with Gasteiger partial charge in [-0.25, -0.2) is 8.42 Å². The highest BCUT2D eigenvalue weighted by Gasteiger charge is 2.37. The molecule has 0 spiro atoms. The van der Waals surface area contributed by atoms with Crippen LogP contribution in [-0.2, 0) is 21.2 Å². The number of benzene rings is 1. The Kier molecular flexibility index (Phi) is 6.27. The molecule has 0 saturated carbocycles. The van der Waals surface area contributed by atoms with Gasteiger partial charge >= 0.3 is 0 Å². The van der Waals surface area contributed by atoms with Crippen molar-refractivity contribution in [1.29, 1.82) is 0 Å². The van der Waals surface area contributed by atoms with Crippen LogP contribution >= 0.6 is 23.2 Å². The minimum atomic E-state index is -3.16. The second kappa shape index (κ2) is 8.35. The van der Waals surface area contributed by atoms with E-state index in [1.54, 1.807) is 31.2 Å². The van der Waals surface area contributed by atoms with Gasteiger partial charge in [0, 0.05) is 11.1 Å². The van der Waals surface area contributed by atoms with E-state index in [4.69, 9.17) is 32.4 Å². The topological polar surface area (TPSA) is 76.8 Å². The zero-order chi connectivity index (χ0) is 20.5. The van der Waals surface area contributed by atoms with E-state index >= 15 is 0 Å². The highest BCUT2D eigenvalue weighted by atomic mass is 35.5. The standard InChI is InChI=1S/C19H21Cl2NO5S/c1-12-3-5-16(26-12)10-22(15-7-8-28(24,25)11-15)19(23)13(2)27-18-6-4-14(20)9-17(18)21/h3-6,9,13,15H,7-8,10-11H2,1-2H3/t13-,15+/m0/s1. The number of ether oxygens (including phenoxy) is 1. The number of furan rings is 1. The lowest BCUT2D eigenvalue weighted by Crippen LogP contribution is -2.46. The lowest BCUT2D eigenvalue weighted by atomic mass is 10.2. The summed E-state index contributed by atoms with van der Waals surface area (Å²) >= 11 is 12.0. The number of aryl methyl sites for hydroxylation is 1. The van der Waals surface area contributed by atoms with Gasteiger partial charge in [-0.2, -0.15) is 0 Å². The van der Waals surface area contributed by atoms with Crippen LogP contribution in [0.4, 0.5) is 0 Å². The molecule has 28 heavy (non-hydrogen) atoms. The molecule has 9 heteroatoms. The summed E-state index contributed by atoms with van der Waals surface area (Å²) in [4.78, 5) is 14.7. The van der Waals surface area contributed by atoms with Gasteiger partial charge in [-0.1, -0.05) is 23.2 Å². The van der Waals surface area contributed by atoms with E-state index in [2.05, 4.69) is 0 Å². The van der Waals surface area contributed by atoms with E-state index < -0.39 is 22.0 Å². The number of hydrogen-bond donors (Lipinski definition) is 0. The molecule has 1 aliphatic rings. The van der Waals surface area contributed by atoms with Crippen molar-refractivity contribution >= 4 is 38.9 Å². The summed E-state index contributed by atoms with van der Waals surface area (Å²) < 4.78 is 35.2. The second-order valence-electron chi connectivity index (χ2n) is 6.87. The lowest BCUT2D eigenvalue weighted by Gasteiger charge is -2.30. The minimum Gasteiger partial charge on any atom is -0.479 e. The van der Waals surface area contributed by atoms with E-state index in [0.29, 0.717) is 28.0 Å². The van der Waals surface area contributed by atoms with Gasteiger partial charge in [-0.3, -0.25) is 4.79 Å². The van der Waals surface area contributed by atoms with Crippen LogP contribution in [0.2, 0.25) is 10.0 Å². The zero-order valence-electron chi connectivity index (χ0n) is 15.5. The molecule has 0 aliphatic carbocycles. The normalized spacial score (nSPS) is 19.4. The van der Waals surface area contributed by atoms with Gasteiger partial charge in [0.15, 0.2) is 15.9 Å². The molecular formula is C19H21Cl2NO5S. The van der Waals surface area contributed by atoms with E-state index in [9.17, 15) is 13.2 Å². The fourth-order valence-corrected chi connectivity index (χ4v) is 5.38. The van der Waals surface area contributed by atoms with Gasteiger partial charge in [-0.15, -0.1) is 0 Å². The second-order valence-corrected chi connectivity index (χ2v) is 9.94. The smallest absolute Gasteiger partial charge is 0.264 e. The average molecular weight is 446 g/mol. The molecule has 0 radical (unpaired) electrons. The Labute approximate surface area is 174 Å². The van der Waals surface area contributed by atoms with Gasteiger partial charge in [0.25, 0.3) is 5.91 Å². The predicted octanol–water partition coefficient (Wildman–Crippen LogP) is 3.88. The third kappa shape index (κ3) is 5.01. The summed E-state index contributed by atoms with van der Waals surface area (Å²) in [6.45, 7) is 3.59. The lowest BCUT2D eigenvalue weighted by molar-refractivity contribution is -0.140. The summed E-state index contributed by atoms with van der Waals surface area (Å²) in [5.74, 6) is 1.32. The number of hydrogen-bond acceptors (Lipinski definition) is 5. The maximum Gasteiger partial charge on any atom is 0.264 e. The number of sulfone groups is 1. The molecule has 1 fully saturated rings. The van der Waals surface area contributed by atoms with Crippen LogP contribution in [0.25, 0.3) is 0 Å². The maximum absolute atomic E-state index is 13.1. The summed E-state index contributed by atoms with van der Waals surface area (Å²) in [5.41, 5.74) is 0. The largest absolute Gasteiger partial charge is 0.479 e. The van der Waals surface area contributed by atoms with Crippen molar-refractivity contribution < 1.29 is 22.4 Å². The first kappa shape index (κ1) is 21.0.